The summed E-state index contributed by atoms with van der Waals surface area (Å²) < 4.78 is 6.66. The third-order valence-electron chi connectivity index (χ3n) is 3.26. The van der Waals surface area contributed by atoms with Crippen LogP contribution in [-0.2, 0) is 17.6 Å². The molecule has 0 saturated carbocycles. The Morgan fingerprint density at radius 2 is 2.28 bits per heavy atom. The van der Waals surface area contributed by atoms with Gasteiger partial charge >= 0.3 is 0 Å². The van der Waals surface area contributed by atoms with Crippen molar-refractivity contribution in [3.63, 3.8) is 0 Å². The van der Waals surface area contributed by atoms with E-state index in [0.29, 0.717) is 6.42 Å². The number of hydrogen-bond donors (Lipinski definition) is 0. The van der Waals surface area contributed by atoms with Crippen molar-refractivity contribution in [3.8, 4) is 5.75 Å². The molecule has 1 aromatic rings. The van der Waals surface area contributed by atoms with Gasteiger partial charge in [0, 0.05) is 22.9 Å². The van der Waals surface area contributed by atoms with Gasteiger partial charge < -0.3 is 4.74 Å². The smallest absolute Gasteiger partial charge is 0.163 e. The first kappa shape index (κ1) is 13.3. The Balaban J connectivity index is 2.27. The van der Waals surface area contributed by atoms with E-state index in [4.69, 9.17) is 4.74 Å². The number of benzene rings is 1. The standard InChI is InChI=1S/C15H17BrO2/c1-3-10(4-2)14(17)9-12-8-13(16)7-11-5-6-18-15(11)12/h3,7-8H,4-6,9H2,1-2H3/b10-3-. The topological polar surface area (TPSA) is 26.3 Å². The number of Topliss-reactive ketones (excluding diaryl/α,β-unsaturated/α-hetero) is 1. The van der Waals surface area contributed by atoms with Crippen molar-refractivity contribution < 1.29 is 9.53 Å². The molecule has 0 amide bonds. The maximum absolute atomic E-state index is 12.1. The van der Waals surface area contributed by atoms with Crippen molar-refractivity contribution in [1.29, 1.82) is 0 Å². The zero-order valence-electron chi connectivity index (χ0n) is 10.8. The van der Waals surface area contributed by atoms with Crippen LogP contribution in [0.3, 0.4) is 0 Å². The molecule has 1 aliphatic rings. The summed E-state index contributed by atoms with van der Waals surface area (Å²) in [6, 6.07) is 4.07. The van der Waals surface area contributed by atoms with Crippen LogP contribution in [0.5, 0.6) is 5.75 Å². The lowest BCUT2D eigenvalue weighted by Crippen LogP contribution is -2.07. The molecule has 1 aliphatic heterocycles. The molecule has 2 rings (SSSR count). The molecule has 1 aromatic carbocycles. The number of allylic oxidation sites excluding steroid dienone is 2. The fourth-order valence-corrected chi connectivity index (χ4v) is 2.88. The molecule has 3 heteroatoms. The molecule has 2 nitrogen and oxygen atoms in total. The molecule has 0 saturated heterocycles. The Bertz CT molecular complexity index is 503. The van der Waals surface area contributed by atoms with Crippen LogP contribution in [0.25, 0.3) is 0 Å². The highest BCUT2D eigenvalue weighted by atomic mass is 79.9. The number of ether oxygens (including phenoxy) is 1. The van der Waals surface area contributed by atoms with Crippen LogP contribution in [0.1, 0.15) is 31.4 Å². The van der Waals surface area contributed by atoms with Crippen molar-refractivity contribution >= 4 is 21.7 Å². The van der Waals surface area contributed by atoms with E-state index in [-0.39, 0.29) is 5.78 Å². The molecule has 0 aromatic heterocycles. The number of hydrogen-bond acceptors (Lipinski definition) is 2. The number of fused-ring (bicyclic) bond motifs is 1. The third kappa shape index (κ3) is 2.66. The number of carbonyl (C=O) groups excluding carboxylic acids is 1. The van der Waals surface area contributed by atoms with Crippen LogP contribution in [0.4, 0.5) is 0 Å². The predicted octanol–water partition coefficient (Wildman–Crippen LogP) is 3.85. The lowest BCUT2D eigenvalue weighted by Gasteiger charge is -2.09. The van der Waals surface area contributed by atoms with Gasteiger partial charge in [0.25, 0.3) is 0 Å². The molecule has 0 bridgehead atoms. The minimum absolute atomic E-state index is 0.191. The van der Waals surface area contributed by atoms with E-state index in [0.717, 1.165) is 40.8 Å². The number of ketones is 1. The van der Waals surface area contributed by atoms with Gasteiger partial charge in [-0.3, -0.25) is 4.79 Å². The van der Waals surface area contributed by atoms with Gasteiger partial charge in [0.15, 0.2) is 5.78 Å². The Labute approximate surface area is 116 Å². The average Bonchev–Trinajstić information content (AvgIpc) is 2.78. The van der Waals surface area contributed by atoms with Crippen molar-refractivity contribution in [3.05, 3.63) is 39.4 Å². The van der Waals surface area contributed by atoms with E-state index in [1.54, 1.807) is 0 Å². The molecular weight excluding hydrogens is 292 g/mol. The van der Waals surface area contributed by atoms with E-state index in [1.165, 1.54) is 5.56 Å². The molecular formula is C15H17BrO2. The zero-order chi connectivity index (χ0) is 13.1. The van der Waals surface area contributed by atoms with Crippen molar-refractivity contribution in [2.24, 2.45) is 0 Å². The predicted molar refractivity (Wildman–Crippen MR) is 76.1 cm³/mol. The van der Waals surface area contributed by atoms with Crippen molar-refractivity contribution in [1.82, 2.24) is 0 Å². The zero-order valence-corrected chi connectivity index (χ0v) is 12.3. The van der Waals surface area contributed by atoms with Gasteiger partial charge in [0.05, 0.1) is 6.61 Å². The molecule has 0 unspecified atom stereocenters. The quantitative estimate of drug-likeness (QED) is 0.790. The number of rotatable bonds is 4. The van der Waals surface area contributed by atoms with Gasteiger partial charge in [-0.1, -0.05) is 28.9 Å². The van der Waals surface area contributed by atoms with E-state index >= 15 is 0 Å². The Kier molecular flexibility index (Phi) is 4.23. The SMILES string of the molecule is C/C=C(/CC)C(=O)Cc1cc(Br)cc2c1OCC2. The summed E-state index contributed by atoms with van der Waals surface area (Å²) in [4.78, 5) is 12.1. The Morgan fingerprint density at radius 1 is 1.50 bits per heavy atom. The minimum atomic E-state index is 0.191. The molecule has 0 atom stereocenters. The second-order valence-electron chi connectivity index (χ2n) is 4.42. The fourth-order valence-electron chi connectivity index (χ4n) is 2.33. The molecule has 96 valence electrons. The number of halogens is 1. The van der Waals surface area contributed by atoms with Crippen LogP contribution in [-0.4, -0.2) is 12.4 Å². The molecule has 0 spiro atoms. The van der Waals surface area contributed by atoms with Gasteiger partial charge in [0.1, 0.15) is 5.75 Å². The van der Waals surface area contributed by atoms with Gasteiger partial charge in [-0.05, 0) is 36.6 Å². The monoisotopic (exact) mass is 308 g/mol. The van der Waals surface area contributed by atoms with Gasteiger partial charge in [-0.2, -0.15) is 0 Å². The normalized spacial score (nSPS) is 14.3. The maximum Gasteiger partial charge on any atom is 0.163 e. The van der Waals surface area contributed by atoms with Crippen LogP contribution in [0.15, 0.2) is 28.3 Å². The van der Waals surface area contributed by atoms with E-state index in [9.17, 15) is 4.79 Å². The summed E-state index contributed by atoms with van der Waals surface area (Å²) in [7, 11) is 0. The highest BCUT2D eigenvalue weighted by Gasteiger charge is 2.19. The summed E-state index contributed by atoms with van der Waals surface area (Å²) in [5.41, 5.74) is 3.09. The van der Waals surface area contributed by atoms with Gasteiger partial charge in [-0.15, -0.1) is 0 Å². The summed E-state index contributed by atoms with van der Waals surface area (Å²) in [6.45, 7) is 4.64. The fraction of sp³-hybridized carbons (Fsp3) is 0.400. The summed E-state index contributed by atoms with van der Waals surface area (Å²) >= 11 is 3.50. The highest BCUT2D eigenvalue weighted by molar-refractivity contribution is 9.10. The second kappa shape index (κ2) is 5.70. The van der Waals surface area contributed by atoms with E-state index < -0.39 is 0 Å². The van der Waals surface area contributed by atoms with Gasteiger partial charge in [-0.25, -0.2) is 0 Å². The molecule has 18 heavy (non-hydrogen) atoms. The average molecular weight is 309 g/mol. The maximum atomic E-state index is 12.1. The minimum Gasteiger partial charge on any atom is -0.493 e. The molecule has 1 heterocycles. The first-order valence-electron chi connectivity index (χ1n) is 6.28. The lowest BCUT2D eigenvalue weighted by atomic mass is 9.99. The third-order valence-corrected chi connectivity index (χ3v) is 3.72. The molecule has 0 fully saturated rings. The first-order chi connectivity index (χ1) is 8.65. The van der Waals surface area contributed by atoms with Gasteiger partial charge in [0.2, 0.25) is 0 Å². The largest absolute Gasteiger partial charge is 0.493 e. The number of carbonyl (C=O) groups is 1. The molecule has 0 aliphatic carbocycles. The second-order valence-corrected chi connectivity index (χ2v) is 5.33. The van der Waals surface area contributed by atoms with Crippen molar-refractivity contribution in [2.45, 2.75) is 33.1 Å². The molecule has 0 radical (unpaired) electrons. The van der Waals surface area contributed by atoms with Crippen LogP contribution in [0, 0.1) is 0 Å². The van der Waals surface area contributed by atoms with Crippen LogP contribution >= 0.6 is 15.9 Å². The van der Waals surface area contributed by atoms with Crippen molar-refractivity contribution in [2.75, 3.05) is 6.61 Å². The first-order valence-corrected chi connectivity index (χ1v) is 7.07. The highest BCUT2D eigenvalue weighted by Crippen LogP contribution is 2.33. The lowest BCUT2D eigenvalue weighted by molar-refractivity contribution is -0.115. The Morgan fingerprint density at radius 3 is 2.94 bits per heavy atom. The van der Waals surface area contributed by atoms with Crippen LogP contribution < -0.4 is 4.74 Å². The van der Waals surface area contributed by atoms with E-state index in [1.807, 2.05) is 26.0 Å². The summed E-state index contributed by atoms with van der Waals surface area (Å²) in [5.74, 6) is 1.11. The molecule has 0 N–H and O–H groups in total. The Hall–Kier alpha value is -1.09. The van der Waals surface area contributed by atoms with Crippen LogP contribution in [0.2, 0.25) is 0 Å². The summed E-state index contributed by atoms with van der Waals surface area (Å²) in [6.07, 6.45) is 4.04. The van der Waals surface area contributed by atoms with E-state index in [2.05, 4.69) is 22.0 Å². The summed E-state index contributed by atoms with van der Waals surface area (Å²) in [5, 5.41) is 0.